The fourth-order valence-electron chi connectivity index (χ4n) is 1.23. The van der Waals surface area contributed by atoms with E-state index in [1.807, 2.05) is 0 Å². The fourth-order valence-corrected chi connectivity index (χ4v) is 1.33. The second kappa shape index (κ2) is 4.21. The lowest BCUT2D eigenvalue weighted by atomic mass is 10.1. The summed E-state index contributed by atoms with van der Waals surface area (Å²) < 4.78 is 0. The van der Waals surface area contributed by atoms with E-state index in [1.54, 1.807) is 0 Å². The second-order valence-electron chi connectivity index (χ2n) is 2.94. The smallest absolute Gasteiger partial charge is 0.0473 e. The van der Waals surface area contributed by atoms with Crippen molar-refractivity contribution in [3.05, 3.63) is 0 Å². The van der Waals surface area contributed by atoms with Gasteiger partial charge in [0.25, 0.3) is 0 Å². The summed E-state index contributed by atoms with van der Waals surface area (Å²) in [6, 6.07) is 0. The molecule has 0 amide bonds. The third-order valence-corrected chi connectivity index (χ3v) is 2.05. The molecule has 60 valence electrons. The summed E-state index contributed by atoms with van der Waals surface area (Å²) in [5, 5.41) is 6.98. The first-order valence-electron chi connectivity index (χ1n) is 3.91. The highest BCUT2D eigenvalue weighted by Crippen LogP contribution is 2.05. The first kappa shape index (κ1) is 8.37. The van der Waals surface area contributed by atoms with Crippen molar-refractivity contribution in [2.75, 3.05) is 19.6 Å². The molecule has 0 aromatic heterocycles. The minimum atomic E-state index is 0.334. The van der Waals surface area contributed by atoms with Crippen LogP contribution in [0.5, 0.6) is 0 Å². The molecule has 0 aliphatic carbocycles. The van der Waals surface area contributed by atoms with E-state index in [4.69, 9.17) is 0 Å². The van der Waals surface area contributed by atoms with Crippen molar-refractivity contribution in [3.8, 4) is 0 Å². The summed E-state index contributed by atoms with van der Waals surface area (Å²) >= 11 is 4.24. The Morgan fingerprint density at radius 1 is 1.80 bits per heavy atom. The van der Waals surface area contributed by atoms with Gasteiger partial charge in [-0.15, -0.1) is 0 Å². The number of rotatable bonds is 3. The van der Waals surface area contributed by atoms with E-state index >= 15 is 0 Å². The Hall–Kier alpha value is 0.270. The normalized spacial score (nSPS) is 28.8. The minimum Gasteiger partial charge on any atom is -0.316 e. The molecule has 0 saturated carbocycles. The molecule has 2 nitrogen and oxygen atoms in total. The summed E-state index contributed by atoms with van der Waals surface area (Å²) in [6.45, 7) is 5.53. The molecule has 1 fully saturated rings. The maximum Gasteiger partial charge on any atom is 0.0473 e. The van der Waals surface area contributed by atoms with Crippen LogP contribution in [0, 0.1) is 5.92 Å². The monoisotopic (exact) mass is 160 g/mol. The lowest BCUT2D eigenvalue weighted by Gasteiger charge is -2.11. The maximum atomic E-state index is 4.24. The van der Waals surface area contributed by atoms with Crippen LogP contribution in [0.3, 0.4) is 0 Å². The van der Waals surface area contributed by atoms with Gasteiger partial charge in [-0.1, -0.05) is 0 Å². The van der Waals surface area contributed by atoms with E-state index in [0.717, 1.165) is 12.5 Å². The van der Waals surface area contributed by atoms with Gasteiger partial charge in [0, 0.05) is 11.9 Å². The van der Waals surface area contributed by atoms with E-state index in [0.29, 0.717) is 5.37 Å². The largest absolute Gasteiger partial charge is 0.316 e. The van der Waals surface area contributed by atoms with Gasteiger partial charge in [-0.25, -0.2) is 0 Å². The molecule has 1 heterocycles. The lowest BCUT2D eigenvalue weighted by Crippen LogP contribution is -2.28. The van der Waals surface area contributed by atoms with Gasteiger partial charge in [-0.05, 0) is 32.4 Å². The number of thiol groups is 1. The third-order valence-electron chi connectivity index (χ3n) is 1.86. The van der Waals surface area contributed by atoms with Gasteiger partial charge < -0.3 is 10.6 Å². The van der Waals surface area contributed by atoms with Crippen molar-refractivity contribution in [2.45, 2.75) is 18.7 Å². The molecule has 2 atom stereocenters. The Bertz CT molecular complexity index is 89.6. The molecule has 1 rings (SSSR count). The standard InChI is InChI=1S/C7H16N2S/c1-6(10)9-5-7-2-3-8-4-7/h6-10H,2-5H2,1H3. The van der Waals surface area contributed by atoms with E-state index in [2.05, 4.69) is 30.2 Å². The van der Waals surface area contributed by atoms with Crippen molar-refractivity contribution < 1.29 is 0 Å². The van der Waals surface area contributed by atoms with Gasteiger partial charge in [0.2, 0.25) is 0 Å². The molecule has 0 radical (unpaired) electrons. The summed E-state index contributed by atoms with van der Waals surface area (Å²) in [7, 11) is 0. The molecule has 10 heavy (non-hydrogen) atoms. The molecule has 0 spiro atoms. The average molecular weight is 160 g/mol. The summed E-state index contributed by atoms with van der Waals surface area (Å²) in [4.78, 5) is 0. The van der Waals surface area contributed by atoms with E-state index in [1.165, 1.54) is 19.5 Å². The lowest BCUT2D eigenvalue weighted by molar-refractivity contribution is 0.513. The molecule has 2 N–H and O–H groups in total. The Morgan fingerprint density at radius 3 is 3.10 bits per heavy atom. The molecule has 0 aromatic rings. The van der Waals surface area contributed by atoms with Crippen LogP contribution in [0.2, 0.25) is 0 Å². The quantitative estimate of drug-likeness (QED) is 0.413. The van der Waals surface area contributed by atoms with Crippen LogP contribution in [0.15, 0.2) is 0 Å². The molecular weight excluding hydrogens is 144 g/mol. The molecule has 1 aliphatic rings. The molecule has 1 aliphatic heterocycles. The predicted octanol–water partition coefficient (Wildman–Crippen LogP) is 0.461. The predicted molar refractivity (Wildman–Crippen MR) is 47.4 cm³/mol. The van der Waals surface area contributed by atoms with Crippen molar-refractivity contribution in [1.29, 1.82) is 0 Å². The van der Waals surface area contributed by atoms with Crippen LogP contribution in [0.1, 0.15) is 13.3 Å². The zero-order valence-corrected chi connectivity index (χ0v) is 7.32. The highest BCUT2D eigenvalue weighted by molar-refractivity contribution is 7.80. The van der Waals surface area contributed by atoms with Crippen LogP contribution >= 0.6 is 12.6 Å². The van der Waals surface area contributed by atoms with E-state index < -0.39 is 0 Å². The zero-order valence-electron chi connectivity index (χ0n) is 6.43. The number of hydrogen-bond acceptors (Lipinski definition) is 3. The number of hydrogen-bond donors (Lipinski definition) is 3. The van der Waals surface area contributed by atoms with E-state index in [-0.39, 0.29) is 0 Å². The van der Waals surface area contributed by atoms with Gasteiger partial charge in [-0.3, -0.25) is 0 Å². The molecule has 2 unspecified atom stereocenters. The summed E-state index contributed by atoms with van der Waals surface area (Å²) in [5.41, 5.74) is 0. The maximum absolute atomic E-state index is 4.24. The van der Waals surface area contributed by atoms with Crippen molar-refractivity contribution >= 4 is 12.6 Å². The molecule has 0 aromatic carbocycles. The summed E-state index contributed by atoms with van der Waals surface area (Å²) in [5.74, 6) is 0.828. The Labute approximate surface area is 68.2 Å². The van der Waals surface area contributed by atoms with Crippen LogP contribution in [0.4, 0.5) is 0 Å². The first-order valence-corrected chi connectivity index (χ1v) is 4.43. The Morgan fingerprint density at radius 2 is 2.60 bits per heavy atom. The van der Waals surface area contributed by atoms with Crippen LogP contribution in [0.25, 0.3) is 0 Å². The van der Waals surface area contributed by atoms with Gasteiger partial charge in [0.15, 0.2) is 0 Å². The van der Waals surface area contributed by atoms with Gasteiger partial charge in [0.1, 0.15) is 0 Å². The SMILES string of the molecule is CC(S)NCC1CCNC1. The van der Waals surface area contributed by atoms with Gasteiger partial charge in [-0.2, -0.15) is 12.6 Å². The van der Waals surface area contributed by atoms with Gasteiger partial charge >= 0.3 is 0 Å². The van der Waals surface area contributed by atoms with Crippen LogP contribution < -0.4 is 10.6 Å². The molecule has 1 saturated heterocycles. The fraction of sp³-hybridized carbons (Fsp3) is 1.00. The minimum absolute atomic E-state index is 0.334. The highest BCUT2D eigenvalue weighted by Gasteiger charge is 2.13. The summed E-state index contributed by atoms with van der Waals surface area (Å²) in [6.07, 6.45) is 1.31. The molecule has 3 heteroatoms. The topological polar surface area (TPSA) is 24.1 Å². The molecular formula is C7H16N2S. The van der Waals surface area contributed by atoms with Crippen LogP contribution in [-0.2, 0) is 0 Å². The van der Waals surface area contributed by atoms with Crippen molar-refractivity contribution in [1.82, 2.24) is 10.6 Å². The molecule has 0 bridgehead atoms. The van der Waals surface area contributed by atoms with Crippen molar-refractivity contribution in [3.63, 3.8) is 0 Å². The number of nitrogens with one attached hydrogen (secondary N) is 2. The Kier molecular flexibility index (Phi) is 3.52. The third kappa shape index (κ3) is 2.90. The highest BCUT2D eigenvalue weighted by atomic mass is 32.1. The van der Waals surface area contributed by atoms with E-state index in [9.17, 15) is 0 Å². The van der Waals surface area contributed by atoms with Crippen molar-refractivity contribution in [2.24, 2.45) is 5.92 Å². The van der Waals surface area contributed by atoms with Gasteiger partial charge in [0.05, 0.1) is 0 Å². The first-order chi connectivity index (χ1) is 4.79. The zero-order chi connectivity index (χ0) is 7.40. The van der Waals surface area contributed by atoms with Crippen LogP contribution in [-0.4, -0.2) is 25.0 Å². The Balaban J connectivity index is 2.01. The average Bonchev–Trinajstić information content (AvgIpc) is 2.34. The second-order valence-corrected chi connectivity index (χ2v) is 3.72.